The van der Waals surface area contributed by atoms with E-state index < -0.39 is 0 Å². The highest BCUT2D eigenvalue weighted by Crippen LogP contribution is 2.36. The molecule has 2 aromatic rings. The van der Waals surface area contributed by atoms with Crippen molar-refractivity contribution in [1.82, 2.24) is 15.3 Å². The highest BCUT2D eigenvalue weighted by atomic mass is 16.1. The van der Waals surface area contributed by atoms with Crippen LogP contribution < -0.4 is 5.32 Å². The molecule has 1 saturated carbocycles. The molecule has 2 aromatic heterocycles. The van der Waals surface area contributed by atoms with E-state index in [4.69, 9.17) is 0 Å². The summed E-state index contributed by atoms with van der Waals surface area (Å²) < 4.78 is 0. The van der Waals surface area contributed by atoms with Crippen LogP contribution in [0, 0.1) is 11.3 Å². The SMILES string of the molecule is CC(C)(C)C1CCCC(NC(=O)Cc2c[nH]c3ncccc23)CC1. The van der Waals surface area contributed by atoms with E-state index in [9.17, 15) is 4.79 Å². The third-order valence-electron chi connectivity index (χ3n) is 5.45. The first-order chi connectivity index (χ1) is 11.4. The molecule has 2 heterocycles. The first kappa shape index (κ1) is 17.0. The Hall–Kier alpha value is -1.84. The van der Waals surface area contributed by atoms with Crippen molar-refractivity contribution >= 4 is 16.9 Å². The van der Waals surface area contributed by atoms with E-state index >= 15 is 0 Å². The van der Waals surface area contributed by atoms with Crippen LogP contribution in [-0.2, 0) is 11.2 Å². The minimum Gasteiger partial charge on any atom is -0.353 e. The molecule has 4 heteroatoms. The lowest BCUT2D eigenvalue weighted by Gasteiger charge is -2.29. The normalized spacial score (nSPS) is 22.3. The zero-order valence-corrected chi connectivity index (χ0v) is 15.1. The number of carbonyl (C=O) groups is 1. The molecule has 0 radical (unpaired) electrons. The Kier molecular flexibility index (Phi) is 4.93. The predicted molar refractivity (Wildman–Crippen MR) is 97.8 cm³/mol. The van der Waals surface area contributed by atoms with Gasteiger partial charge in [-0.05, 0) is 54.7 Å². The summed E-state index contributed by atoms with van der Waals surface area (Å²) in [4.78, 5) is 19.9. The summed E-state index contributed by atoms with van der Waals surface area (Å²) in [6.07, 6.45) is 10.0. The Morgan fingerprint density at radius 3 is 2.92 bits per heavy atom. The molecule has 4 nitrogen and oxygen atoms in total. The molecule has 1 aliphatic carbocycles. The fourth-order valence-electron chi connectivity index (χ4n) is 3.92. The van der Waals surface area contributed by atoms with Gasteiger partial charge < -0.3 is 10.3 Å². The maximum Gasteiger partial charge on any atom is 0.224 e. The van der Waals surface area contributed by atoms with E-state index in [1.54, 1.807) is 6.20 Å². The van der Waals surface area contributed by atoms with Crippen molar-refractivity contribution in [2.24, 2.45) is 11.3 Å². The zero-order valence-electron chi connectivity index (χ0n) is 15.1. The van der Waals surface area contributed by atoms with Crippen molar-refractivity contribution < 1.29 is 4.79 Å². The average Bonchev–Trinajstić information content (AvgIpc) is 2.76. The highest BCUT2D eigenvalue weighted by Gasteiger charge is 2.28. The number of carbonyl (C=O) groups excluding carboxylic acids is 1. The van der Waals surface area contributed by atoms with E-state index in [0.717, 1.165) is 35.4 Å². The number of pyridine rings is 1. The van der Waals surface area contributed by atoms with Gasteiger partial charge in [-0.25, -0.2) is 4.98 Å². The van der Waals surface area contributed by atoms with Gasteiger partial charge in [-0.2, -0.15) is 0 Å². The van der Waals surface area contributed by atoms with Gasteiger partial charge in [0, 0.05) is 23.8 Å². The topological polar surface area (TPSA) is 57.8 Å². The Morgan fingerprint density at radius 1 is 1.29 bits per heavy atom. The molecule has 2 unspecified atom stereocenters. The second-order valence-corrected chi connectivity index (χ2v) is 8.23. The molecule has 0 aliphatic heterocycles. The molecule has 1 fully saturated rings. The van der Waals surface area contributed by atoms with Crippen LogP contribution in [0.25, 0.3) is 11.0 Å². The number of amides is 1. The van der Waals surface area contributed by atoms with Crippen LogP contribution in [0.1, 0.15) is 58.4 Å². The number of rotatable bonds is 3. The molecule has 0 bridgehead atoms. The molecule has 2 N–H and O–H groups in total. The molecular formula is C20H29N3O. The number of hydrogen-bond donors (Lipinski definition) is 2. The molecule has 24 heavy (non-hydrogen) atoms. The highest BCUT2D eigenvalue weighted by molar-refractivity contribution is 5.87. The maximum absolute atomic E-state index is 12.5. The first-order valence-corrected chi connectivity index (χ1v) is 9.14. The van der Waals surface area contributed by atoms with Crippen molar-refractivity contribution in [2.75, 3.05) is 0 Å². The van der Waals surface area contributed by atoms with Crippen LogP contribution in [0.5, 0.6) is 0 Å². The van der Waals surface area contributed by atoms with Crippen molar-refractivity contribution in [2.45, 2.75) is 65.3 Å². The summed E-state index contributed by atoms with van der Waals surface area (Å²) in [5.41, 5.74) is 2.25. The van der Waals surface area contributed by atoms with Crippen LogP contribution in [0.2, 0.25) is 0 Å². The third kappa shape index (κ3) is 3.97. The first-order valence-electron chi connectivity index (χ1n) is 9.14. The van der Waals surface area contributed by atoms with Crippen LogP contribution in [0.3, 0.4) is 0 Å². The Bertz CT molecular complexity index is 698. The molecule has 130 valence electrons. The molecule has 0 saturated heterocycles. The number of H-pyrrole nitrogens is 1. The van der Waals surface area contributed by atoms with Gasteiger partial charge in [-0.3, -0.25) is 4.79 Å². The predicted octanol–water partition coefficient (Wildman–Crippen LogP) is 4.22. The van der Waals surface area contributed by atoms with Crippen molar-refractivity contribution in [3.63, 3.8) is 0 Å². The standard InChI is InChI=1S/C20H29N3O/c1-20(2,3)15-6-4-7-16(10-9-15)23-18(24)12-14-13-22-19-17(14)8-5-11-21-19/h5,8,11,13,15-16H,4,6-7,9-10,12H2,1-3H3,(H,21,22)(H,23,24). The second kappa shape index (κ2) is 6.96. The zero-order chi connectivity index (χ0) is 17.2. The van der Waals surface area contributed by atoms with Gasteiger partial charge in [0.05, 0.1) is 6.42 Å². The summed E-state index contributed by atoms with van der Waals surface area (Å²) >= 11 is 0. The van der Waals surface area contributed by atoms with Crippen molar-refractivity contribution in [3.05, 3.63) is 30.1 Å². The number of hydrogen-bond acceptors (Lipinski definition) is 2. The fraction of sp³-hybridized carbons (Fsp3) is 0.600. The van der Waals surface area contributed by atoms with Gasteiger partial charge in [0.15, 0.2) is 0 Å². The Labute approximate surface area is 144 Å². The van der Waals surface area contributed by atoms with E-state index in [2.05, 4.69) is 36.1 Å². The number of aromatic nitrogens is 2. The smallest absolute Gasteiger partial charge is 0.224 e. The number of nitrogens with zero attached hydrogens (tertiary/aromatic N) is 1. The summed E-state index contributed by atoms with van der Waals surface area (Å²) in [5.74, 6) is 0.887. The van der Waals surface area contributed by atoms with Crippen LogP contribution in [0.15, 0.2) is 24.5 Å². The average molecular weight is 327 g/mol. The molecule has 1 aliphatic rings. The Balaban J connectivity index is 1.57. The lowest BCUT2D eigenvalue weighted by Crippen LogP contribution is -2.35. The molecule has 0 aromatic carbocycles. The number of nitrogens with one attached hydrogen (secondary N) is 2. The summed E-state index contributed by atoms with van der Waals surface area (Å²) in [6.45, 7) is 7.00. The maximum atomic E-state index is 12.5. The minimum atomic E-state index is 0.124. The summed E-state index contributed by atoms with van der Waals surface area (Å²) in [5, 5.41) is 4.30. The Morgan fingerprint density at radius 2 is 2.12 bits per heavy atom. The molecule has 2 atom stereocenters. The quantitative estimate of drug-likeness (QED) is 0.829. The third-order valence-corrected chi connectivity index (χ3v) is 5.45. The summed E-state index contributed by atoms with van der Waals surface area (Å²) in [7, 11) is 0. The van der Waals surface area contributed by atoms with Gasteiger partial charge in [0.2, 0.25) is 5.91 Å². The molecule has 1 amide bonds. The van der Waals surface area contributed by atoms with Crippen molar-refractivity contribution in [3.8, 4) is 0 Å². The monoisotopic (exact) mass is 327 g/mol. The lowest BCUT2D eigenvalue weighted by molar-refractivity contribution is -0.121. The van der Waals surface area contributed by atoms with Gasteiger partial charge in [-0.15, -0.1) is 0 Å². The van der Waals surface area contributed by atoms with Crippen LogP contribution in [0.4, 0.5) is 0 Å². The van der Waals surface area contributed by atoms with Gasteiger partial charge >= 0.3 is 0 Å². The van der Waals surface area contributed by atoms with E-state index in [1.165, 1.54) is 19.3 Å². The second-order valence-electron chi connectivity index (χ2n) is 8.23. The molecule has 0 spiro atoms. The van der Waals surface area contributed by atoms with E-state index in [-0.39, 0.29) is 5.91 Å². The molecule has 3 rings (SSSR count). The van der Waals surface area contributed by atoms with Gasteiger partial charge in [-0.1, -0.05) is 27.2 Å². The van der Waals surface area contributed by atoms with Gasteiger partial charge in [0.25, 0.3) is 0 Å². The van der Waals surface area contributed by atoms with Crippen LogP contribution >= 0.6 is 0 Å². The molecular weight excluding hydrogens is 298 g/mol. The fourth-order valence-corrected chi connectivity index (χ4v) is 3.92. The largest absolute Gasteiger partial charge is 0.353 e. The lowest BCUT2D eigenvalue weighted by atomic mass is 9.76. The number of aromatic amines is 1. The van der Waals surface area contributed by atoms with Crippen molar-refractivity contribution in [1.29, 1.82) is 0 Å². The van der Waals surface area contributed by atoms with Gasteiger partial charge in [0.1, 0.15) is 5.65 Å². The minimum absolute atomic E-state index is 0.124. The van der Waals surface area contributed by atoms with E-state index in [1.807, 2.05) is 18.3 Å². The van der Waals surface area contributed by atoms with Crippen LogP contribution in [-0.4, -0.2) is 21.9 Å². The summed E-state index contributed by atoms with van der Waals surface area (Å²) in [6, 6.07) is 4.25. The van der Waals surface area contributed by atoms with E-state index in [0.29, 0.717) is 17.9 Å². The number of fused-ring (bicyclic) bond motifs is 1.